The zero-order valence-corrected chi connectivity index (χ0v) is 8.18. The maximum Gasteiger partial charge on any atom is 0.322 e. The topological polar surface area (TPSA) is 20.3 Å². The molecule has 1 aliphatic rings. The second-order valence-electron chi connectivity index (χ2n) is 2.94. The van der Waals surface area contributed by atoms with Crippen molar-refractivity contribution in [1.82, 2.24) is 4.67 Å². The molecule has 12 heavy (non-hydrogen) atoms. The molecule has 2 atom stereocenters. The van der Waals surface area contributed by atoms with E-state index in [0.29, 0.717) is 6.54 Å². The Morgan fingerprint density at radius 3 is 2.67 bits per heavy atom. The molecular formula is C6H9ClF2NOP. The van der Waals surface area contributed by atoms with Gasteiger partial charge >= 0.3 is 5.38 Å². The molecule has 1 fully saturated rings. The van der Waals surface area contributed by atoms with Crippen LogP contribution in [0.15, 0.2) is 0 Å². The van der Waals surface area contributed by atoms with Crippen molar-refractivity contribution >= 4 is 26.9 Å². The zero-order valence-electron chi connectivity index (χ0n) is 6.27. The summed E-state index contributed by atoms with van der Waals surface area (Å²) in [5.74, 6) is -0.437. The summed E-state index contributed by atoms with van der Waals surface area (Å²) in [6.07, 6.45) is -0.253. The molecule has 0 radical (unpaired) electrons. The molecule has 0 aromatic heterocycles. The Labute approximate surface area is 76.5 Å². The lowest BCUT2D eigenvalue weighted by Gasteiger charge is -2.12. The molecule has 0 aromatic carbocycles. The third kappa shape index (κ3) is 2.83. The van der Waals surface area contributed by atoms with Crippen LogP contribution >= 0.6 is 21.0 Å². The van der Waals surface area contributed by atoms with E-state index in [9.17, 15) is 13.6 Å². The van der Waals surface area contributed by atoms with Crippen molar-refractivity contribution < 1.29 is 13.6 Å². The fourth-order valence-corrected chi connectivity index (χ4v) is 1.89. The molecule has 1 amide bonds. The first-order valence-corrected chi connectivity index (χ1v) is 4.40. The molecule has 2 nitrogen and oxygen atoms in total. The number of amides is 1. The van der Waals surface area contributed by atoms with Gasteiger partial charge in [0.05, 0.1) is 0 Å². The van der Waals surface area contributed by atoms with Gasteiger partial charge in [0, 0.05) is 19.4 Å². The average molecular weight is 216 g/mol. The highest BCUT2D eigenvalue weighted by Crippen LogP contribution is 2.33. The number of rotatable bonds is 2. The number of hydrogen-bond acceptors (Lipinski definition) is 1. The van der Waals surface area contributed by atoms with Crippen molar-refractivity contribution in [2.75, 3.05) is 6.54 Å². The van der Waals surface area contributed by atoms with Gasteiger partial charge in [-0.2, -0.15) is 8.78 Å². The molecule has 0 bridgehead atoms. The van der Waals surface area contributed by atoms with Gasteiger partial charge in [0.25, 0.3) is 0 Å². The molecule has 1 aliphatic heterocycles. The highest BCUT2D eigenvalue weighted by Gasteiger charge is 2.35. The molecule has 1 heterocycles. The first-order chi connectivity index (χ1) is 5.38. The second kappa shape index (κ2) is 3.43. The van der Waals surface area contributed by atoms with E-state index in [1.54, 1.807) is 0 Å². The predicted octanol–water partition coefficient (Wildman–Crippen LogP) is 1.85. The van der Waals surface area contributed by atoms with Crippen molar-refractivity contribution in [2.24, 2.45) is 5.92 Å². The van der Waals surface area contributed by atoms with Gasteiger partial charge < -0.3 is 4.67 Å². The lowest BCUT2D eigenvalue weighted by atomic mass is 10.1. The summed E-state index contributed by atoms with van der Waals surface area (Å²) in [4.78, 5) is 10.9. The smallest absolute Gasteiger partial charge is 0.322 e. The van der Waals surface area contributed by atoms with Gasteiger partial charge in [-0.05, 0) is 26.9 Å². The molecule has 0 N–H and O–H groups in total. The summed E-state index contributed by atoms with van der Waals surface area (Å²) in [5, 5.41) is -3.18. The van der Waals surface area contributed by atoms with E-state index in [2.05, 4.69) is 9.39 Å². The molecule has 2 unspecified atom stereocenters. The lowest BCUT2D eigenvalue weighted by molar-refractivity contribution is -0.123. The van der Waals surface area contributed by atoms with E-state index < -0.39 is 11.8 Å². The number of carbonyl (C=O) groups is 1. The Morgan fingerprint density at radius 1 is 1.75 bits per heavy atom. The van der Waals surface area contributed by atoms with E-state index in [1.165, 1.54) is 4.67 Å². The Kier molecular flexibility index (Phi) is 2.89. The summed E-state index contributed by atoms with van der Waals surface area (Å²) in [6, 6.07) is 0. The maximum atomic E-state index is 12.3. The number of carbonyl (C=O) groups excluding carboxylic acids is 1. The summed E-state index contributed by atoms with van der Waals surface area (Å²) in [6.45, 7) is 0.353. The summed E-state index contributed by atoms with van der Waals surface area (Å²) in [5.41, 5.74) is 0. The quantitative estimate of drug-likeness (QED) is 0.509. The monoisotopic (exact) mass is 215 g/mol. The Balaban J connectivity index is 2.43. The van der Waals surface area contributed by atoms with Crippen LogP contribution in [0.25, 0.3) is 0 Å². The van der Waals surface area contributed by atoms with Crippen LogP contribution in [0.2, 0.25) is 0 Å². The molecular weight excluding hydrogens is 206 g/mol. The van der Waals surface area contributed by atoms with E-state index in [4.69, 9.17) is 11.6 Å². The summed E-state index contributed by atoms with van der Waals surface area (Å²) in [7, 11) is 2.20. The van der Waals surface area contributed by atoms with Gasteiger partial charge in [-0.15, -0.1) is 0 Å². The van der Waals surface area contributed by atoms with Crippen molar-refractivity contribution in [2.45, 2.75) is 18.2 Å². The Morgan fingerprint density at radius 2 is 2.33 bits per heavy atom. The van der Waals surface area contributed by atoms with Crippen molar-refractivity contribution in [1.29, 1.82) is 0 Å². The molecule has 1 rings (SSSR count). The van der Waals surface area contributed by atoms with Gasteiger partial charge in [-0.25, -0.2) is 0 Å². The minimum absolute atomic E-state index is 0.120. The molecule has 1 saturated heterocycles. The van der Waals surface area contributed by atoms with Crippen LogP contribution in [-0.2, 0) is 4.79 Å². The van der Waals surface area contributed by atoms with Gasteiger partial charge in [0.15, 0.2) is 0 Å². The van der Waals surface area contributed by atoms with Gasteiger partial charge in [-0.3, -0.25) is 4.79 Å². The van der Waals surface area contributed by atoms with Crippen LogP contribution in [-0.4, -0.2) is 22.5 Å². The van der Waals surface area contributed by atoms with E-state index in [-0.39, 0.29) is 18.2 Å². The lowest BCUT2D eigenvalue weighted by Crippen LogP contribution is -2.16. The number of halogens is 3. The number of nitrogens with zero attached hydrogens (tertiary/aromatic N) is 1. The van der Waals surface area contributed by atoms with Gasteiger partial charge in [-0.1, -0.05) is 0 Å². The van der Waals surface area contributed by atoms with Crippen LogP contribution in [0.3, 0.4) is 0 Å². The standard InChI is InChI=1S/C6H9ClF2NOP/c7-6(8,9)2-4-1-5(11)10(12)3-4/h4H,1-3,12H2. The minimum Gasteiger partial charge on any atom is -0.327 e. The normalized spacial score (nSPS) is 25.2. The summed E-state index contributed by atoms with van der Waals surface area (Å²) >= 11 is 4.74. The average Bonchev–Trinajstić information content (AvgIpc) is 2.07. The first-order valence-electron chi connectivity index (χ1n) is 3.50. The molecule has 6 heteroatoms. The fourth-order valence-electron chi connectivity index (χ4n) is 1.27. The van der Waals surface area contributed by atoms with Gasteiger partial charge in [0.1, 0.15) is 0 Å². The van der Waals surface area contributed by atoms with Crippen LogP contribution in [0, 0.1) is 5.92 Å². The Bertz CT molecular complexity index is 196. The van der Waals surface area contributed by atoms with Crippen molar-refractivity contribution in [3.8, 4) is 0 Å². The zero-order chi connectivity index (χ0) is 9.35. The predicted molar refractivity (Wildman–Crippen MR) is 44.9 cm³/mol. The van der Waals surface area contributed by atoms with Crippen LogP contribution in [0.1, 0.15) is 12.8 Å². The highest BCUT2D eigenvalue weighted by atomic mass is 35.5. The largest absolute Gasteiger partial charge is 0.327 e. The SMILES string of the molecule is O=C1CC(CC(F)(F)Cl)CN1P. The second-order valence-corrected chi connectivity index (χ2v) is 4.11. The fraction of sp³-hybridized carbons (Fsp3) is 0.833. The van der Waals surface area contributed by atoms with E-state index in [1.807, 2.05) is 0 Å². The van der Waals surface area contributed by atoms with Crippen LogP contribution in [0.4, 0.5) is 8.78 Å². The van der Waals surface area contributed by atoms with Crippen LogP contribution in [0.5, 0.6) is 0 Å². The molecule has 0 aromatic rings. The first kappa shape index (κ1) is 10.1. The maximum absolute atomic E-state index is 12.3. The molecule has 0 spiro atoms. The van der Waals surface area contributed by atoms with Crippen LogP contribution < -0.4 is 0 Å². The van der Waals surface area contributed by atoms with Crippen molar-refractivity contribution in [3.63, 3.8) is 0 Å². The third-order valence-electron chi connectivity index (χ3n) is 1.76. The summed E-state index contributed by atoms with van der Waals surface area (Å²) < 4.78 is 25.9. The molecule has 0 aliphatic carbocycles. The number of hydrogen-bond donors (Lipinski definition) is 0. The Hall–Kier alpha value is 0.0500. The molecule has 70 valence electrons. The number of alkyl halides is 3. The minimum atomic E-state index is -3.18. The van der Waals surface area contributed by atoms with Gasteiger partial charge in [0.2, 0.25) is 5.91 Å². The van der Waals surface area contributed by atoms with E-state index in [0.717, 1.165) is 0 Å². The highest BCUT2D eigenvalue weighted by molar-refractivity contribution is 7.14. The molecule has 0 saturated carbocycles. The third-order valence-corrected chi connectivity index (χ3v) is 2.41. The van der Waals surface area contributed by atoms with Crippen molar-refractivity contribution in [3.05, 3.63) is 0 Å². The van der Waals surface area contributed by atoms with E-state index >= 15 is 0 Å².